The number of piperazine rings is 1. The number of phenols is 1. The van der Waals surface area contributed by atoms with E-state index in [0.717, 1.165) is 12.6 Å². The number of alkyl halides is 6. The van der Waals surface area contributed by atoms with Gasteiger partial charge in [0, 0.05) is 43.3 Å². The highest BCUT2D eigenvalue weighted by molar-refractivity contribution is 5.95. The smallest absolute Gasteiger partial charge is 0.416 e. The van der Waals surface area contributed by atoms with Crippen molar-refractivity contribution < 1.29 is 45.4 Å². The number of hydrogen-bond acceptors (Lipinski definition) is 5. The lowest BCUT2D eigenvalue weighted by atomic mass is 9.99. The Labute approximate surface area is 269 Å². The maximum atomic E-state index is 13.7. The van der Waals surface area contributed by atoms with Crippen LogP contribution in [0, 0.1) is 17.7 Å². The predicted octanol–water partition coefficient (Wildman–Crippen LogP) is 5.90. The van der Waals surface area contributed by atoms with Gasteiger partial charge in [0.05, 0.1) is 37.4 Å². The Hall–Kier alpha value is -2.76. The SMILES string of the molecule is CC1(C)COCCN1CC#CCN1CCN(C(=O)c2cc(C(F)(F)F)cc(C(F)(F)F)c2)[C@H](Cc2ccc(F)c(O)c2)C1.Cl.Cl. The van der Waals surface area contributed by atoms with Crippen LogP contribution in [0.3, 0.4) is 0 Å². The van der Waals surface area contributed by atoms with Crippen LogP contribution in [0.5, 0.6) is 5.75 Å². The number of amides is 1. The summed E-state index contributed by atoms with van der Waals surface area (Å²) in [4.78, 5) is 18.9. The van der Waals surface area contributed by atoms with Gasteiger partial charge >= 0.3 is 12.4 Å². The highest BCUT2D eigenvalue weighted by Crippen LogP contribution is 2.37. The molecule has 2 aromatic rings. The summed E-state index contributed by atoms with van der Waals surface area (Å²) in [6.45, 7) is 7.37. The fourth-order valence-electron chi connectivity index (χ4n) is 5.21. The fourth-order valence-corrected chi connectivity index (χ4v) is 5.21. The van der Waals surface area contributed by atoms with Gasteiger partial charge in [0.15, 0.2) is 11.6 Å². The molecule has 2 saturated heterocycles. The number of carbonyl (C=O) groups is 1. The van der Waals surface area contributed by atoms with Crippen LogP contribution in [0.15, 0.2) is 36.4 Å². The summed E-state index contributed by atoms with van der Waals surface area (Å²) in [6.07, 6.45) is -10.1. The highest BCUT2D eigenvalue weighted by atomic mass is 35.5. The molecule has 2 aromatic carbocycles. The molecule has 0 bridgehead atoms. The number of phenolic OH excluding ortho intramolecular Hbond substituents is 1. The first kappa shape index (κ1) is 38.4. The second-order valence-corrected chi connectivity index (χ2v) is 11.3. The van der Waals surface area contributed by atoms with Crippen LogP contribution in [-0.2, 0) is 23.5 Å². The molecule has 0 unspecified atom stereocenters. The molecule has 250 valence electrons. The minimum atomic E-state index is -5.10. The van der Waals surface area contributed by atoms with Gasteiger partial charge in [0.1, 0.15) is 0 Å². The Bertz CT molecular complexity index is 1360. The van der Waals surface area contributed by atoms with Crippen molar-refractivity contribution in [3.63, 3.8) is 0 Å². The van der Waals surface area contributed by atoms with Gasteiger partial charge in [-0.15, -0.1) is 24.8 Å². The number of benzene rings is 2. The van der Waals surface area contributed by atoms with Crippen LogP contribution in [0.25, 0.3) is 0 Å². The van der Waals surface area contributed by atoms with E-state index in [1.54, 1.807) is 0 Å². The molecule has 2 aliphatic heterocycles. The molecule has 1 amide bonds. The van der Waals surface area contributed by atoms with Crippen molar-refractivity contribution in [1.29, 1.82) is 0 Å². The molecule has 4 rings (SSSR count). The second-order valence-electron chi connectivity index (χ2n) is 11.3. The molecule has 45 heavy (non-hydrogen) atoms. The largest absolute Gasteiger partial charge is 0.505 e. The molecular formula is C30H34Cl2F7N3O3. The molecule has 0 saturated carbocycles. The zero-order valence-electron chi connectivity index (χ0n) is 24.5. The average molecular weight is 689 g/mol. The van der Waals surface area contributed by atoms with Crippen LogP contribution in [-0.4, -0.2) is 89.8 Å². The third-order valence-corrected chi connectivity index (χ3v) is 7.66. The van der Waals surface area contributed by atoms with Crippen LogP contribution < -0.4 is 0 Å². The number of aromatic hydroxyl groups is 1. The van der Waals surface area contributed by atoms with Gasteiger partial charge in [-0.3, -0.25) is 14.6 Å². The first-order valence-electron chi connectivity index (χ1n) is 13.6. The Balaban J connectivity index is 0.00000353. The van der Waals surface area contributed by atoms with Crippen molar-refractivity contribution >= 4 is 30.7 Å². The van der Waals surface area contributed by atoms with Crippen molar-refractivity contribution in [3.05, 3.63) is 64.5 Å². The van der Waals surface area contributed by atoms with Crippen LogP contribution in [0.2, 0.25) is 0 Å². The minimum absolute atomic E-state index is 0. The van der Waals surface area contributed by atoms with E-state index in [9.17, 15) is 40.6 Å². The molecule has 2 fully saturated rings. The Morgan fingerprint density at radius 1 is 0.956 bits per heavy atom. The summed E-state index contributed by atoms with van der Waals surface area (Å²) in [5.74, 6) is 3.80. The monoisotopic (exact) mass is 687 g/mol. The van der Waals surface area contributed by atoms with E-state index in [1.807, 2.05) is 4.90 Å². The van der Waals surface area contributed by atoms with Gasteiger partial charge in [0.2, 0.25) is 0 Å². The number of morpholine rings is 1. The Kier molecular flexibility index (Phi) is 13.0. The van der Waals surface area contributed by atoms with Gasteiger partial charge in [-0.2, -0.15) is 26.3 Å². The lowest BCUT2D eigenvalue weighted by molar-refractivity contribution is -0.143. The number of halogens is 9. The standard InChI is InChI=1S/C30H32F7N3O3.2ClH/c1-28(2)19-43-12-11-39(28)8-4-3-7-38-9-10-40(24(18-38)13-20-5-6-25(31)26(41)14-20)27(42)21-15-22(29(32,33)34)17-23(16-21)30(35,36)37;;/h5-6,14-17,24,41H,7-13,18-19H2,1-2H3;2*1H/t24-;;/m1../s1. The second kappa shape index (κ2) is 15.2. The molecule has 0 aliphatic carbocycles. The lowest BCUT2D eigenvalue weighted by Gasteiger charge is -2.41. The van der Waals surface area contributed by atoms with E-state index in [1.165, 1.54) is 17.0 Å². The summed E-state index contributed by atoms with van der Waals surface area (Å²) in [5, 5.41) is 9.83. The maximum absolute atomic E-state index is 13.7. The van der Waals surface area contributed by atoms with Crippen molar-refractivity contribution in [1.82, 2.24) is 14.7 Å². The summed E-state index contributed by atoms with van der Waals surface area (Å²) in [7, 11) is 0. The fraction of sp³-hybridized carbons (Fsp3) is 0.500. The Morgan fingerprint density at radius 3 is 2.16 bits per heavy atom. The number of carbonyl (C=O) groups excluding carboxylic acids is 1. The van der Waals surface area contributed by atoms with E-state index in [-0.39, 0.29) is 62.5 Å². The zero-order valence-corrected chi connectivity index (χ0v) is 26.1. The van der Waals surface area contributed by atoms with Crippen LogP contribution in [0.1, 0.15) is 40.9 Å². The first-order valence-corrected chi connectivity index (χ1v) is 13.6. The molecule has 1 atom stereocenters. The first-order chi connectivity index (χ1) is 20.0. The number of hydrogen-bond donors (Lipinski definition) is 1. The van der Waals surface area contributed by atoms with E-state index >= 15 is 0 Å². The van der Waals surface area contributed by atoms with Gasteiger partial charge in [-0.05, 0) is 56.2 Å². The summed E-state index contributed by atoms with van der Waals surface area (Å²) >= 11 is 0. The average Bonchev–Trinajstić information content (AvgIpc) is 2.92. The van der Waals surface area contributed by atoms with Crippen molar-refractivity contribution in [2.24, 2.45) is 0 Å². The molecule has 6 nitrogen and oxygen atoms in total. The summed E-state index contributed by atoms with van der Waals surface area (Å²) in [6, 6.07) is 3.71. The summed E-state index contributed by atoms with van der Waals surface area (Å²) < 4.78 is 99.9. The van der Waals surface area contributed by atoms with E-state index in [0.29, 0.717) is 44.0 Å². The zero-order chi connectivity index (χ0) is 31.6. The molecule has 15 heteroatoms. The van der Waals surface area contributed by atoms with Crippen molar-refractivity contribution in [3.8, 4) is 17.6 Å². The molecule has 0 aromatic heterocycles. The quantitative estimate of drug-likeness (QED) is 0.314. The third-order valence-electron chi connectivity index (χ3n) is 7.66. The topological polar surface area (TPSA) is 56.2 Å². The maximum Gasteiger partial charge on any atom is 0.416 e. The number of ether oxygens (including phenoxy) is 1. The van der Waals surface area contributed by atoms with Gasteiger partial charge in [-0.1, -0.05) is 17.9 Å². The summed E-state index contributed by atoms with van der Waals surface area (Å²) in [5.41, 5.74) is -3.63. The molecule has 1 N–H and O–H groups in total. The van der Waals surface area contributed by atoms with Crippen LogP contribution in [0.4, 0.5) is 30.7 Å². The van der Waals surface area contributed by atoms with E-state index < -0.39 is 52.6 Å². The minimum Gasteiger partial charge on any atom is -0.505 e. The molecular weight excluding hydrogens is 654 g/mol. The normalized spacial score (nSPS) is 19.1. The van der Waals surface area contributed by atoms with Crippen molar-refractivity contribution in [2.45, 2.75) is 44.2 Å². The number of rotatable bonds is 5. The predicted molar refractivity (Wildman–Crippen MR) is 158 cm³/mol. The third kappa shape index (κ3) is 9.86. The van der Waals surface area contributed by atoms with Gasteiger partial charge < -0.3 is 14.7 Å². The van der Waals surface area contributed by atoms with E-state index in [2.05, 4.69) is 30.6 Å². The number of nitrogens with zero attached hydrogens (tertiary/aromatic N) is 3. The lowest BCUT2D eigenvalue weighted by Crippen LogP contribution is -2.56. The van der Waals surface area contributed by atoms with Gasteiger partial charge in [0.25, 0.3) is 5.91 Å². The Morgan fingerprint density at radius 2 is 1.58 bits per heavy atom. The van der Waals surface area contributed by atoms with Crippen molar-refractivity contribution in [2.75, 3.05) is 52.5 Å². The molecule has 0 radical (unpaired) electrons. The molecule has 0 spiro atoms. The van der Waals surface area contributed by atoms with Gasteiger partial charge in [-0.25, -0.2) is 4.39 Å². The van der Waals surface area contributed by atoms with Crippen LogP contribution >= 0.6 is 24.8 Å². The molecule has 2 heterocycles. The van der Waals surface area contributed by atoms with E-state index in [4.69, 9.17) is 4.74 Å². The molecule has 2 aliphatic rings. The highest BCUT2D eigenvalue weighted by Gasteiger charge is 2.39.